The van der Waals surface area contributed by atoms with Crippen LogP contribution in [-0.4, -0.2) is 56.8 Å². The first-order valence-electron chi connectivity index (χ1n) is 9.96. The van der Waals surface area contributed by atoms with Crippen LogP contribution in [0.2, 0.25) is 5.02 Å². The number of amides is 1. The van der Waals surface area contributed by atoms with Crippen LogP contribution in [-0.2, 0) is 10.0 Å². The highest BCUT2D eigenvalue weighted by molar-refractivity contribution is 7.89. The van der Waals surface area contributed by atoms with Crippen LogP contribution in [0, 0.1) is 13.8 Å². The molecule has 1 aliphatic heterocycles. The first-order chi connectivity index (χ1) is 14.1. The predicted molar refractivity (Wildman–Crippen MR) is 120 cm³/mol. The van der Waals surface area contributed by atoms with E-state index in [0.717, 1.165) is 16.7 Å². The van der Waals surface area contributed by atoms with Crippen molar-refractivity contribution in [3.63, 3.8) is 0 Å². The zero-order valence-electron chi connectivity index (χ0n) is 17.8. The SMILES string of the molecule is Cc1ccc([C@@H](C)NC(=O)c2cc(S(=O)(=O)N3CCN(C)CC3)ccc2Cl)c(C)c1. The summed E-state index contributed by atoms with van der Waals surface area (Å²) in [6.07, 6.45) is 0. The number of sulfonamides is 1. The van der Waals surface area contributed by atoms with E-state index in [1.165, 1.54) is 22.5 Å². The van der Waals surface area contributed by atoms with Gasteiger partial charge in [0.2, 0.25) is 10.0 Å². The van der Waals surface area contributed by atoms with Crippen LogP contribution in [0.15, 0.2) is 41.3 Å². The summed E-state index contributed by atoms with van der Waals surface area (Å²) in [6.45, 7) is 8.11. The molecule has 8 heteroatoms. The number of nitrogens with one attached hydrogen (secondary N) is 1. The third-order valence-corrected chi connectivity index (χ3v) is 7.75. The highest BCUT2D eigenvalue weighted by Crippen LogP contribution is 2.25. The number of halogens is 1. The smallest absolute Gasteiger partial charge is 0.253 e. The van der Waals surface area contributed by atoms with Crippen LogP contribution < -0.4 is 5.32 Å². The largest absolute Gasteiger partial charge is 0.345 e. The molecule has 162 valence electrons. The molecule has 0 unspecified atom stereocenters. The Kier molecular flexibility index (Phi) is 6.87. The van der Waals surface area contributed by atoms with Crippen molar-refractivity contribution in [2.75, 3.05) is 33.2 Å². The third kappa shape index (κ3) is 4.86. The number of aryl methyl sites for hydroxylation is 2. The van der Waals surface area contributed by atoms with Gasteiger partial charge >= 0.3 is 0 Å². The molecule has 0 radical (unpaired) electrons. The maximum atomic E-state index is 13.0. The van der Waals surface area contributed by atoms with Gasteiger partial charge in [0.05, 0.1) is 21.5 Å². The van der Waals surface area contributed by atoms with E-state index in [4.69, 9.17) is 11.6 Å². The van der Waals surface area contributed by atoms with Gasteiger partial charge in [-0.2, -0.15) is 4.31 Å². The van der Waals surface area contributed by atoms with Gasteiger partial charge < -0.3 is 10.2 Å². The Balaban J connectivity index is 1.83. The highest BCUT2D eigenvalue weighted by atomic mass is 35.5. The van der Waals surface area contributed by atoms with E-state index in [0.29, 0.717) is 26.2 Å². The Labute approximate surface area is 183 Å². The number of carbonyl (C=O) groups is 1. The quantitative estimate of drug-likeness (QED) is 0.759. The summed E-state index contributed by atoms with van der Waals surface area (Å²) in [6, 6.07) is 10.1. The van der Waals surface area contributed by atoms with Gasteiger partial charge in [-0.1, -0.05) is 35.4 Å². The molecular formula is C22H28ClN3O3S. The molecular weight excluding hydrogens is 422 g/mol. The molecule has 0 spiro atoms. The summed E-state index contributed by atoms with van der Waals surface area (Å²) in [5.74, 6) is -0.400. The molecule has 1 aliphatic rings. The number of hydrogen-bond donors (Lipinski definition) is 1. The van der Waals surface area contributed by atoms with Crippen molar-refractivity contribution in [2.45, 2.75) is 31.7 Å². The Hall–Kier alpha value is -1.93. The monoisotopic (exact) mass is 449 g/mol. The Morgan fingerprint density at radius 2 is 1.73 bits per heavy atom. The fourth-order valence-corrected chi connectivity index (χ4v) is 5.33. The fourth-order valence-electron chi connectivity index (χ4n) is 3.68. The maximum absolute atomic E-state index is 13.0. The number of benzene rings is 2. The number of piperazine rings is 1. The van der Waals surface area contributed by atoms with Crippen LogP contribution in [0.1, 0.15) is 40.0 Å². The van der Waals surface area contributed by atoms with E-state index in [-0.39, 0.29) is 21.5 Å². The summed E-state index contributed by atoms with van der Waals surface area (Å²) in [4.78, 5) is 15.1. The molecule has 30 heavy (non-hydrogen) atoms. The van der Waals surface area contributed by atoms with Crippen molar-refractivity contribution in [1.29, 1.82) is 0 Å². The number of nitrogens with zero attached hydrogens (tertiary/aromatic N) is 2. The number of rotatable bonds is 5. The van der Waals surface area contributed by atoms with E-state index in [1.54, 1.807) is 0 Å². The summed E-state index contributed by atoms with van der Waals surface area (Å²) in [5, 5.41) is 3.16. The second-order valence-corrected chi connectivity index (χ2v) is 10.2. The molecule has 0 saturated carbocycles. The van der Waals surface area contributed by atoms with Gasteiger partial charge in [0.25, 0.3) is 5.91 Å². The van der Waals surface area contributed by atoms with Gasteiger partial charge in [-0.25, -0.2) is 8.42 Å². The van der Waals surface area contributed by atoms with Gasteiger partial charge in [0.1, 0.15) is 0 Å². The van der Waals surface area contributed by atoms with Crippen LogP contribution >= 0.6 is 11.6 Å². The standard InChI is InChI=1S/C22H28ClN3O3S/c1-15-5-7-19(16(2)13-15)17(3)24-22(27)20-14-18(6-8-21(20)23)30(28,29)26-11-9-25(4)10-12-26/h5-8,13-14,17H,9-12H2,1-4H3,(H,24,27)/t17-/m1/s1. The number of likely N-dealkylation sites (N-methyl/N-ethyl adjacent to an activating group) is 1. The van der Waals surface area contributed by atoms with Gasteiger partial charge in [0, 0.05) is 26.2 Å². The molecule has 6 nitrogen and oxygen atoms in total. The summed E-state index contributed by atoms with van der Waals surface area (Å²) < 4.78 is 27.5. The molecule has 1 N–H and O–H groups in total. The van der Waals surface area contributed by atoms with Crippen LogP contribution in [0.5, 0.6) is 0 Å². The highest BCUT2D eigenvalue weighted by Gasteiger charge is 2.28. The Morgan fingerprint density at radius 1 is 1.07 bits per heavy atom. The van der Waals surface area contributed by atoms with Gasteiger partial charge in [-0.05, 0) is 57.1 Å². The van der Waals surface area contributed by atoms with Crippen LogP contribution in [0.3, 0.4) is 0 Å². The summed E-state index contributed by atoms with van der Waals surface area (Å²) in [7, 11) is -1.72. The minimum absolute atomic E-state index is 0.0840. The molecule has 1 amide bonds. The molecule has 3 rings (SSSR count). The molecule has 0 aliphatic carbocycles. The van der Waals surface area contributed by atoms with Crippen molar-refractivity contribution in [2.24, 2.45) is 0 Å². The van der Waals surface area contributed by atoms with E-state index >= 15 is 0 Å². The lowest BCUT2D eigenvalue weighted by atomic mass is 10.00. The molecule has 1 fully saturated rings. The second kappa shape index (κ2) is 9.06. The maximum Gasteiger partial charge on any atom is 0.253 e. The van der Waals surface area contributed by atoms with Gasteiger partial charge in [-0.3, -0.25) is 4.79 Å². The first kappa shape index (κ1) is 22.7. The van der Waals surface area contributed by atoms with Crippen molar-refractivity contribution in [1.82, 2.24) is 14.5 Å². The molecule has 2 aromatic carbocycles. The molecule has 1 atom stereocenters. The van der Waals surface area contributed by atoms with Gasteiger partial charge in [0.15, 0.2) is 0 Å². The molecule has 0 aromatic heterocycles. The van der Waals surface area contributed by atoms with Crippen LogP contribution in [0.25, 0.3) is 0 Å². The Bertz CT molecular complexity index is 1050. The van der Waals surface area contributed by atoms with Crippen molar-refractivity contribution < 1.29 is 13.2 Å². The van der Waals surface area contributed by atoms with E-state index in [9.17, 15) is 13.2 Å². The van der Waals surface area contributed by atoms with E-state index < -0.39 is 15.9 Å². The van der Waals surface area contributed by atoms with E-state index in [2.05, 4.69) is 16.3 Å². The topological polar surface area (TPSA) is 69.7 Å². The lowest BCUT2D eigenvalue weighted by molar-refractivity contribution is 0.0939. The zero-order valence-corrected chi connectivity index (χ0v) is 19.3. The normalized spacial score (nSPS) is 17.0. The number of carbonyl (C=O) groups excluding carboxylic acids is 1. The lowest BCUT2D eigenvalue weighted by Crippen LogP contribution is -2.47. The minimum atomic E-state index is -3.68. The van der Waals surface area contributed by atoms with Crippen molar-refractivity contribution in [3.8, 4) is 0 Å². The molecule has 1 heterocycles. The zero-order chi connectivity index (χ0) is 22.1. The number of hydrogen-bond acceptors (Lipinski definition) is 4. The molecule has 1 saturated heterocycles. The van der Waals surface area contributed by atoms with Crippen molar-refractivity contribution >= 4 is 27.5 Å². The van der Waals surface area contributed by atoms with Gasteiger partial charge in [-0.15, -0.1) is 0 Å². The predicted octanol–water partition coefficient (Wildman–Crippen LogP) is 3.38. The van der Waals surface area contributed by atoms with E-state index in [1.807, 2.05) is 40.0 Å². The summed E-state index contributed by atoms with van der Waals surface area (Å²) >= 11 is 6.25. The first-order valence-corrected chi connectivity index (χ1v) is 11.8. The lowest BCUT2D eigenvalue weighted by Gasteiger charge is -2.31. The summed E-state index contributed by atoms with van der Waals surface area (Å²) in [5.41, 5.74) is 3.40. The van der Waals surface area contributed by atoms with Crippen LogP contribution in [0.4, 0.5) is 0 Å². The second-order valence-electron chi connectivity index (χ2n) is 7.90. The average Bonchev–Trinajstić information content (AvgIpc) is 2.68. The molecule has 2 aromatic rings. The minimum Gasteiger partial charge on any atom is -0.345 e. The fraction of sp³-hybridized carbons (Fsp3) is 0.409. The third-order valence-electron chi connectivity index (χ3n) is 5.52. The molecule has 0 bridgehead atoms. The van der Waals surface area contributed by atoms with Crippen molar-refractivity contribution in [3.05, 3.63) is 63.7 Å². The Morgan fingerprint density at radius 3 is 2.37 bits per heavy atom. The average molecular weight is 450 g/mol.